The fourth-order valence-electron chi connectivity index (χ4n) is 6.59. The van der Waals surface area contributed by atoms with E-state index in [1.807, 2.05) is 48.8 Å². The molecule has 0 aliphatic rings. The zero-order chi connectivity index (χ0) is 33.3. The molecule has 4 heteroatoms. The second-order valence-electron chi connectivity index (χ2n) is 12.4. The molecule has 0 unspecified atom stereocenters. The Balaban J connectivity index is 1.09. The molecular formula is C46H30N4. The highest BCUT2D eigenvalue weighted by molar-refractivity contribution is 6.08. The maximum atomic E-state index is 5.03. The van der Waals surface area contributed by atoms with Crippen molar-refractivity contribution in [2.24, 2.45) is 0 Å². The van der Waals surface area contributed by atoms with Crippen molar-refractivity contribution in [2.45, 2.75) is 0 Å². The normalized spacial score (nSPS) is 11.2. The van der Waals surface area contributed by atoms with Crippen LogP contribution < -0.4 is 0 Å². The molecule has 50 heavy (non-hydrogen) atoms. The Kier molecular flexibility index (Phi) is 7.45. The summed E-state index contributed by atoms with van der Waals surface area (Å²) in [7, 11) is 0. The number of fused-ring (bicyclic) bond motifs is 3. The van der Waals surface area contributed by atoms with Gasteiger partial charge in [-0.2, -0.15) is 0 Å². The maximum absolute atomic E-state index is 5.03. The topological polar surface area (TPSA) is 51.6 Å². The van der Waals surface area contributed by atoms with E-state index in [9.17, 15) is 0 Å². The van der Waals surface area contributed by atoms with Gasteiger partial charge < -0.3 is 0 Å². The number of pyridine rings is 1. The van der Waals surface area contributed by atoms with Gasteiger partial charge in [-0.3, -0.25) is 4.98 Å². The third-order valence-electron chi connectivity index (χ3n) is 9.21. The van der Waals surface area contributed by atoms with Crippen LogP contribution in [0.5, 0.6) is 0 Å². The highest BCUT2D eigenvalue weighted by atomic mass is 15.0. The zero-order valence-corrected chi connectivity index (χ0v) is 27.1. The second kappa shape index (κ2) is 12.7. The lowest BCUT2D eigenvalue weighted by atomic mass is 9.95. The average molecular weight is 639 g/mol. The molecule has 0 saturated carbocycles. The average Bonchev–Trinajstić information content (AvgIpc) is 3.21. The molecule has 0 aliphatic carbocycles. The van der Waals surface area contributed by atoms with E-state index in [1.54, 1.807) is 0 Å². The minimum absolute atomic E-state index is 0.634. The molecule has 0 N–H and O–H groups in total. The quantitative estimate of drug-likeness (QED) is 0.170. The zero-order valence-electron chi connectivity index (χ0n) is 27.1. The van der Waals surface area contributed by atoms with E-state index in [0.29, 0.717) is 17.5 Å². The molecule has 0 atom stereocenters. The SMILES string of the molecule is c1ccc(-c2ccc(-c3nc(-c4ccccc4)nc(-c4cccc(-c5cccc(-c6ccc7c(ccc8ccncc87)c6)c5)c4)n3)cc2)cc1. The summed E-state index contributed by atoms with van der Waals surface area (Å²) < 4.78 is 0. The molecule has 0 spiro atoms. The summed E-state index contributed by atoms with van der Waals surface area (Å²) in [6.07, 6.45) is 3.79. The first-order valence-electron chi connectivity index (χ1n) is 16.7. The van der Waals surface area contributed by atoms with Crippen molar-refractivity contribution in [2.75, 3.05) is 0 Å². The van der Waals surface area contributed by atoms with Gasteiger partial charge in [-0.05, 0) is 73.8 Å². The van der Waals surface area contributed by atoms with Gasteiger partial charge in [-0.15, -0.1) is 0 Å². The fraction of sp³-hybridized carbons (Fsp3) is 0. The van der Waals surface area contributed by atoms with Crippen LogP contribution >= 0.6 is 0 Å². The van der Waals surface area contributed by atoms with Gasteiger partial charge in [0, 0.05) is 34.5 Å². The molecule has 0 bridgehead atoms. The van der Waals surface area contributed by atoms with Crippen molar-refractivity contribution in [3.05, 3.63) is 182 Å². The Bertz CT molecular complexity index is 2630. The van der Waals surface area contributed by atoms with Crippen LogP contribution in [0.4, 0.5) is 0 Å². The number of hydrogen-bond donors (Lipinski definition) is 0. The summed E-state index contributed by atoms with van der Waals surface area (Å²) in [4.78, 5) is 19.3. The lowest BCUT2D eigenvalue weighted by Gasteiger charge is -2.11. The molecule has 0 aliphatic heterocycles. The number of hydrogen-bond acceptors (Lipinski definition) is 4. The van der Waals surface area contributed by atoms with Crippen molar-refractivity contribution in [1.82, 2.24) is 19.9 Å². The van der Waals surface area contributed by atoms with E-state index in [1.165, 1.54) is 32.7 Å². The molecule has 0 amide bonds. The number of aromatic nitrogens is 4. The summed E-state index contributed by atoms with van der Waals surface area (Å²) in [6, 6.07) is 59.2. The van der Waals surface area contributed by atoms with Gasteiger partial charge in [0.25, 0.3) is 0 Å². The van der Waals surface area contributed by atoms with Gasteiger partial charge >= 0.3 is 0 Å². The Labute approximate surface area is 290 Å². The maximum Gasteiger partial charge on any atom is 0.164 e. The molecule has 7 aromatic carbocycles. The van der Waals surface area contributed by atoms with E-state index in [2.05, 4.69) is 138 Å². The summed E-state index contributed by atoms with van der Waals surface area (Å²) in [5.74, 6) is 1.92. The molecule has 0 saturated heterocycles. The molecule has 4 nitrogen and oxygen atoms in total. The van der Waals surface area contributed by atoms with Crippen molar-refractivity contribution >= 4 is 21.5 Å². The minimum Gasteiger partial charge on any atom is -0.264 e. The largest absolute Gasteiger partial charge is 0.264 e. The van der Waals surface area contributed by atoms with Gasteiger partial charge in [0.05, 0.1) is 0 Å². The lowest BCUT2D eigenvalue weighted by Crippen LogP contribution is -2.00. The molecule has 234 valence electrons. The predicted molar refractivity (Wildman–Crippen MR) is 205 cm³/mol. The van der Waals surface area contributed by atoms with E-state index in [-0.39, 0.29) is 0 Å². The first kappa shape index (κ1) is 29.4. The Hall–Kier alpha value is -6.78. The fourth-order valence-corrected chi connectivity index (χ4v) is 6.59. The van der Waals surface area contributed by atoms with Crippen LogP contribution in [0.25, 0.3) is 89.1 Å². The van der Waals surface area contributed by atoms with Crippen molar-refractivity contribution in [1.29, 1.82) is 0 Å². The van der Waals surface area contributed by atoms with Crippen molar-refractivity contribution in [3.63, 3.8) is 0 Å². The van der Waals surface area contributed by atoms with Crippen LogP contribution in [0.1, 0.15) is 0 Å². The monoisotopic (exact) mass is 638 g/mol. The summed E-state index contributed by atoms with van der Waals surface area (Å²) in [5, 5.41) is 4.78. The molecule has 0 fully saturated rings. The van der Waals surface area contributed by atoms with Crippen LogP contribution in [0.2, 0.25) is 0 Å². The summed E-state index contributed by atoms with van der Waals surface area (Å²) >= 11 is 0. The van der Waals surface area contributed by atoms with Crippen molar-refractivity contribution < 1.29 is 0 Å². The van der Waals surface area contributed by atoms with Crippen LogP contribution in [0.3, 0.4) is 0 Å². The van der Waals surface area contributed by atoms with Crippen LogP contribution in [-0.2, 0) is 0 Å². The Morgan fingerprint density at radius 3 is 1.42 bits per heavy atom. The smallest absolute Gasteiger partial charge is 0.164 e. The second-order valence-corrected chi connectivity index (χ2v) is 12.4. The van der Waals surface area contributed by atoms with E-state index in [0.717, 1.165) is 38.9 Å². The third-order valence-corrected chi connectivity index (χ3v) is 9.21. The van der Waals surface area contributed by atoms with E-state index in [4.69, 9.17) is 15.0 Å². The van der Waals surface area contributed by atoms with Gasteiger partial charge in [0.1, 0.15) is 0 Å². The van der Waals surface area contributed by atoms with Crippen LogP contribution in [-0.4, -0.2) is 19.9 Å². The van der Waals surface area contributed by atoms with Gasteiger partial charge in [-0.25, -0.2) is 15.0 Å². The first-order valence-corrected chi connectivity index (χ1v) is 16.7. The molecule has 9 aromatic rings. The standard InChI is InChI=1S/C46H30N4/c1-3-9-31(10-4-1)32-17-20-35(21-18-32)45-48-44(34-11-5-2-6-12-34)49-46(50-45)41-16-8-15-38(29-41)36-13-7-14-37(27-36)39-23-24-42-40(28-39)22-19-33-25-26-47-30-43(33)42/h1-30H. The first-order chi connectivity index (χ1) is 24.7. The number of nitrogens with zero attached hydrogens (tertiary/aromatic N) is 4. The molecule has 0 radical (unpaired) electrons. The lowest BCUT2D eigenvalue weighted by molar-refractivity contribution is 1.07. The Morgan fingerprint density at radius 1 is 0.280 bits per heavy atom. The predicted octanol–water partition coefficient (Wildman–Crippen LogP) is 11.6. The van der Waals surface area contributed by atoms with Gasteiger partial charge in [-0.1, -0.05) is 146 Å². The third kappa shape index (κ3) is 5.69. The summed E-state index contributed by atoms with van der Waals surface area (Å²) in [5.41, 5.74) is 9.69. The molecular weight excluding hydrogens is 609 g/mol. The van der Waals surface area contributed by atoms with Crippen LogP contribution in [0, 0.1) is 0 Å². The number of benzene rings is 7. The highest BCUT2D eigenvalue weighted by Crippen LogP contribution is 2.33. The van der Waals surface area contributed by atoms with E-state index >= 15 is 0 Å². The summed E-state index contributed by atoms with van der Waals surface area (Å²) in [6.45, 7) is 0. The Morgan fingerprint density at radius 2 is 0.740 bits per heavy atom. The van der Waals surface area contributed by atoms with Crippen molar-refractivity contribution in [3.8, 4) is 67.5 Å². The van der Waals surface area contributed by atoms with Gasteiger partial charge in [0.15, 0.2) is 17.5 Å². The highest BCUT2D eigenvalue weighted by Gasteiger charge is 2.14. The molecule has 2 heterocycles. The minimum atomic E-state index is 0.634. The van der Waals surface area contributed by atoms with Crippen LogP contribution in [0.15, 0.2) is 182 Å². The molecule has 2 aromatic heterocycles. The number of rotatable bonds is 6. The van der Waals surface area contributed by atoms with E-state index < -0.39 is 0 Å². The van der Waals surface area contributed by atoms with Gasteiger partial charge in [0.2, 0.25) is 0 Å². The molecule has 9 rings (SSSR count).